The van der Waals surface area contributed by atoms with E-state index in [1.54, 1.807) is 26.4 Å². The Morgan fingerprint density at radius 2 is 1.79 bits per heavy atom. The Morgan fingerprint density at radius 3 is 2.52 bits per heavy atom. The van der Waals surface area contributed by atoms with Crippen molar-refractivity contribution in [2.75, 3.05) is 20.8 Å². The predicted octanol–water partition coefficient (Wildman–Crippen LogP) is 3.36. The van der Waals surface area contributed by atoms with Crippen LogP contribution in [-0.4, -0.2) is 35.8 Å². The van der Waals surface area contributed by atoms with E-state index in [-0.39, 0.29) is 12.4 Å². The van der Waals surface area contributed by atoms with Crippen molar-refractivity contribution in [3.8, 4) is 17.2 Å². The molecule has 1 aromatic heterocycles. The zero-order valence-electron chi connectivity index (χ0n) is 16.4. The van der Waals surface area contributed by atoms with E-state index in [2.05, 4.69) is 15.0 Å². The molecule has 0 aliphatic carbocycles. The number of rotatable bonds is 7. The van der Waals surface area contributed by atoms with Gasteiger partial charge in [-0.05, 0) is 53.9 Å². The van der Waals surface area contributed by atoms with Gasteiger partial charge in [-0.15, -0.1) is 0 Å². The molecule has 0 saturated heterocycles. The fourth-order valence-electron chi connectivity index (χ4n) is 3.36. The topological polar surface area (TPSA) is 69.9 Å². The second kappa shape index (κ2) is 8.48. The quantitative estimate of drug-likeness (QED) is 0.603. The number of benzene rings is 2. The fourth-order valence-corrected chi connectivity index (χ4v) is 3.36. The maximum Gasteiger partial charge on any atom is 0.240 e. The lowest BCUT2D eigenvalue weighted by atomic mass is 9.99. The minimum atomic E-state index is -0.307. The lowest BCUT2D eigenvalue weighted by Crippen LogP contribution is -2.30. The van der Waals surface area contributed by atoms with Crippen LogP contribution >= 0.6 is 0 Å². The third-order valence-corrected chi connectivity index (χ3v) is 4.85. The molecule has 0 bridgehead atoms. The third-order valence-electron chi connectivity index (χ3n) is 4.85. The maximum atomic E-state index is 12.9. The molecule has 2 heterocycles. The largest absolute Gasteiger partial charge is 0.493 e. The third kappa shape index (κ3) is 4.48. The van der Waals surface area contributed by atoms with Crippen molar-refractivity contribution in [3.05, 3.63) is 65.1 Å². The van der Waals surface area contributed by atoms with Crippen molar-refractivity contribution >= 4 is 0 Å². The molecule has 1 aliphatic rings. The van der Waals surface area contributed by atoms with Crippen molar-refractivity contribution in [1.82, 2.24) is 15.0 Å². The van der Waals surface area contributed by atoms with Crippen LogP contribution in [0.2, 0.25) is 0 Å². The first-order valence-corrected chi connectivity index (χ1v) is 9.30. The van der Waals surface area contributed by atoms with Crippen LogP contribution in [0.5, 0.6) is 17.2 Å². The number of nitrogens with zero attached hydrogens (tertiary/aromatic N) is 3. The summed E-state index contributed by atoms with van der Waals surface area (Å²) in [7, 11) is 3.28. The molecule has 29 heavy (non-hydrogen) atoms. The summed E-state index contributed by atoms with van der Waals surface area (Å²) in [6.07, 6.45) is 0.907. The number of hydrogen-bond acceptors (Lipinski definition) is 7. The van der Waals surface area contributed by atoms with Gasteiger partial charge >= 0.3 is 0 Å². The van der Waals surface area contributed by atoms with Gasteiger partial charge in [0, 0.05) is 13.1 Å². The molecule has 0 radical (unpaired) electrons. The van der Waals surface area contributed by atoms with Crippen LogP contribution in [0.15, 0.2) is 40.9 Å². The molecule has 2 aromatic carbocycles. The summed E-state index contributed by atoms with van der Waals surface area (Å²) in [5.74, 6) is 2.71. The molecule has 0 saturated carbocycles. The first-order chi connectivity index (χ1) is 14.1. The summed E-state index contributed by atoms with van der Waals surface area (Å²) in [4.78, 5) is 6.63. The van der Waals surface area contributed by atoms with Gasteiger partial charge in [0.25, 0.3) is 0 Å². The van der Waals surface area contributed by atoms with Gasteiger partial charge in [0.1, 0.15) is 11.6 Å². The summed E-state index contributed by atoms with van der Waals surface area (Å²) in [6, 6.07) is 9.88. The number of methoxy groups -OCH3 is 2. The van der Waals surface area contributed by atoms with Gasteiger partial charge in [-0.1, -0.05) is 5.16 Å². The van der Waals surface area contributed by atoms with E-state index >= 15 is 0 Å². The molecule has 0 atom stereocenters. The Balaban J connectivity index is 1.36. The van der Waals surface area contributed by atoms with Crippen LogP contribution in [0.1, 0.15) is 22.8 Å². The van der Waals surface area contributed by atoms with E-state index in [1.807, 2.05) is 12.1 Å². The Kier molecular flexibility index (Phi) is 5.62. The Hall–Kier alpha value is -3.13. The Bertz CT molecular complexity index is 975. The maximum absolute atomic E-state index is 12.9. The highest BCUT2D eigenvalue weighted by Gasteiger charge is 2.21. The summed E-state index contributed by atoms with van der Waals surface area (Å²) in [5.41, 5.74) is 2.46. The fraction of sp³-hybridized carbons (Fsp3) is 0.333. The molecule has 152 valence electrons. The van der Waals surface area contributed by atoms with Crippen LogP contribution in [0.25, 0.3) is 0 Å². The van der Waals surface area contributed by atoms with Gasteiger partial charge in [-0.3, -0.25) is 4.90 Å². The highest BCUT2D eigenvalue weighted by atomic mass is 19.1. The number of ether oxygens (including phenoxy) is 3. The number of halogens is 1. The predicted molar refractivity (Wildman–Crippen MR) is 102 cm³/mol. The number of fused-ring (bicyclic) bond motifs is 1. The first-order valence-electron chi connectivity index (χ1n) is 9.30. The lowest BCUT2D eigenvalue weighted by Gasteiger charge is -2.28. The summed E-state index contributed by atoms with van der Waals surface area (Å²) < 4.78 is 34.6. The molecule has 0 N–H and O–H groups in total. The van der Waals surface area contributed by atoms with Gasteiger partial charge in [0.15, 0.2) is 18.1 Å². The lowest BCUT2D eigenvalue weighted by molar-refractivity contribution is 0.209. The minimum Gasteiger partial charge on any atom is -0.493 e. The van der Waals surface area contributed by atoms with Gasteiger partial charge in [0.2, 0.25) is 11.7 Å². The normalized spacial score (nSPS) is 13.8. The summed E-state index contributed by atoms with van der Waals surface area (Å²) in [5, 5.41) is 3.96. The van der Waals surface area contributed by atoms with E-state index in [4.69, 9.17) is 18.7 Å². The average molecular weight is 399 g/mol. The van der Waals surface area contributed by atoms with E-state index in [0.717, 1.165) is 31.0 Å². The monoisotopic (exact) mass is 399 g/mol. The van der Waals surface area contributed by atoms with Crippen molar-refractivity contribution in [2.45, 2.75) is 26.1 Å². The van der Waals surface area contributed by atoms with Gasteiger partial charge in [-0.2, -0.15) is 4.98 Å². The van der Waals surface area contributed by atoms with Crippen molar-refractivity contribution in [1.29, 1.82) is 0 Å². The summed E-state index contributed by atoms with van der Waals surface area (Å²) in [6.45, 7) is 2.36. The van der Waals surface area contributed by atoms with Crippen LogP contribution in [0.4, 0.5) is 4.39 Å². The second-order valence-electron chi connectivity index (χ2n) is 6.78. The van der Waals surface area contributed by atoms with Gasteiger partial charge in [-0.25, -0.2) is 4.39 Å². The SMILES string of the molecule is COc1cc2c(cc1OC)CN(Cc1nc(COc3ccc(F)cc3)no1)CC2. The Morgan fingerprint density at radius 1 is 1.07 bits per heavy atom. The molecule has 0 fully saturated rings. The highest BCUT2D eigenvalue weighted by molar-refractivity contribution is 5.48. The second-order valence-corrected chi connectivity index (χ2v) is 6.78. The van der Waals surface area contributed by atoms with Crippen molar-refractivity contribution in [2.24, 2.45) is 0 Å². The molecule has 0 spiro atoms. The molecule has 4 rings (SSSR count). The van der Waals surface area contributed by atoms with Crippen LogP contribution in [0.3, 0.4) is 0 Å². The molecular formula is C21H22FN3O4. The van der Waals surface area contributed by atoms with E-state index in [0.29, 0.717) is 24.0 Å². The van der Waals surface area contributed by atoms with E-state index < -0.39 is 0 Å². The highest BCUT2D eigenvalue weighted by Crippen LogP contribution is 2.33. The Labute approximate surface area is 168 Å². The van der Waals surface area contributed by atoms with E-state index in [9.17, 15) is 4.39 Å². The molecule has 0 amide bonds. The zero-order valence-corrected chi connectivity index (χ0v) is 16.4. The van der Waals surface area contributed by atoms with E-state index in [1.165, 1.54) is 23.3 Å². The number of aromatic nitrogens is 2. The van der Waals surface area contributed by atoms with Gasteiger partial charge in [0.05, 0.1) is 20.8 Å². The first kappa shape index (κ1) is 19.2. The zero-order chi connectivity index (χ0) is 20.2. The van der Waals surface area contributed by atoms with Crippen LogP contribution in [-0.2, 0) is 26.1 Å². The minimum absolute atomic E-state index is 0.162. The standard InChI is InChI=1S/C21H22FN3O4/c1-26-18-9-14-7-8-25(11-15(14)10-19(18)27-2)12-21-23-20(24-29-21)13-28-17-5-3-16(22)4-6-17/h3-6,9-10H,7-8,11-13H2,1-2H3. The molecular weight excluding hydrogens is 377 g/mol. The molecule has 1 aliphatic heterocycles. The van der Waals surface area contributed by atoms with Crippen molar-refractivity contribution < 1.29 is 23.1 Å². The average Bonchev–Trinajstić information content (AvgIpc) is 3.19. The molecule has 3 aromatic rings. The number of hydrogen-bond donors (Lipinski definition) is 0. The summed E-state index contributed by atoms with van der Waals surface area (Å²) >= 11 is 0. The molecule has 8 heteroatoms. The van der Waals surface area contributed by atoms with Gasteiger partial charge < -0.3 is 18.7 Å². The van der Waals surface area contributed by atoms with Crippen LogP contribution < -0.4 is 14.2 Å². The van der Waals surface area contributed by atoms with Crippen molar-refractivity contribution in [3.63, 3.8) is 0 Å². The smallest absolute Gasteiger partial charge is 0.240 e. The van der Waals surface area contributed by atoms with Crippen LogP contribution in [0, 0.1) is 5.82 Å². The molecule has 0 unspecified atom stereocenters. The molecule has 7 nitrogen and oxygen atoms in total.